The van der Waals surface area contributed by atoms with Gasteiger partial charge in [0.2, 0.25) is 0 Å². The van der Waals surface area contributed by atoms with Gasteiger partial charge in [0.25, 0.3) is 0 Å². The van der Waals surface area contributed by atoms with Crippen LogP contribution in [0.25, 0.3) is 0 Å². The summed E-state index contributed by atoms with van der Waals surface area (Å²) in [5.41, 5.74) is 0.913. The van der Waals surface area contributed by atoms with E-state index in [1.807, 2.05) is 30.3 Å². The minimum Gasteiger partial charge on any atom is -0.389 e. The molecule has 1 heterocycles. The lowest BCUT2D eigenvalue weighted by molar-refractivity contribution is -0.0949. The molecule has 4 atom stereocenters. The van der Waals surface area contributed by atoms with Crippen LogP contribution in [0.5, 0.6) is 0 Å². The van der Waals surface area contributed by atoms with E-state index in [0.29, 0.717) is 0 Å². The number of hydrogen-bond donors (Lipinski definition) is 4. The van der Waals surface area contributed by atoms with E-state index in [0.717, 1.165) is 5.56 Å². The lowest BCUT2D eigenvalue weighted by Gasteiger charge is -2.36. The molecule has 1 aliphatic heterocycles. The van der Waals surface area contributed by atoms with E-state index in [4.69, 9.17) is 0 Å². The Morgan fingerprint density at radius 2 is 1.67 bits per heavy atom. The molecule has 4 N–H and O–H groups in total. The normalized spacial score (nSPS) is 36.5. The molecule has 82 valence electrons. The molecule has 1 fully saturated rings. The van der Waals surface area contributed by atoms with Crippen molar-refractivity contribution in [3.05, 3.63) is 35.9 Å². The summed E-state index contributed by atoms with van der Waals surface area (Å²) in [5.74, 6) is 0. The van der Waals surface area contributed by atoms with Crippen LogP contribution in [0, 0.1) is 0 Å². The lowest BCUT2D eigenvalue weighted by Crippen LogP contribution is -2.55. The molecule has 4 nitrogen and oxygen atoms in total. The predicted molar refractivity (Wildman–Crippen MR) is 55.2 cm³/mol. The van der Waals surface area contributed by atoms with Crippen molar-refractivity contribution in [1.82, 2.24) is 5.32 Å². The van der Waals surface area contributed by atoms with Crippen molar-refractivity contribution >= 4 is 0 Å². The summed E-state index contributed by atoms with van der Waals surface area (Å²) >= 11 is 0. The third-order valence-corrected chi connectivity index (χ3v) is 2.79. The fraction of sp³-hybridized carbons (Fsp3) is 0.455. The fourth-order valence-corrected chi connectivity index (χ4v) is 1.89. The summed E-state index contributed by atoms with van der Waals surface area (Å²) in [7, 11) is 0. The number of aliphatic hydroxyl groups is 3. The summed E-state index contributed by atoms with van der Waals surface area (Å²) in [6.45, 7) is 0.289. The van der Waals surface area contributed by atoms with Crippen LogP contribution < -0.4 is 5.32 Å². The van der Waals surface area contributed by atoms with E-state index >= 15 is 0 Å². The summed E-state index contributed by atoms with van der Waals surface area (Å²) < 4.78 is 0. The molecule has 4 heteroatoms. The smallest absolute Gasteiger partial charge is 0.109 e. The second-order valence-electron chi connectivity index (χ2n) is 3.85. The van der Waals surface area contributed by atoms with Gasteiger partial charge in [-0.1, -0.05) is 30.3 Å². The predicted octanol–water partition coefficient (Wildman–Crippen LogP) is -0.586. The number of nitrogens with one attached hydrogen (secondary N) is 1. The maximum Gasteiger partial charge on any atom is 0.109 e. The van der Waals surface area contributed by atoms with Gasteiger partial charge in [-0.3, -0.25) is 0 Å². The number of piperidine rings is 1. The average molecular weight is 209 g/mol. The highest BCUT2D eigenvalue weighted by atomic mass is 16.4. The van der Waals surface area contributed by atoms with Crippen LogP contribution in [0.4, 0.5) is 0 Å². The molecule has 1 aromatic rings. The van der Waals surface area contributed by atoms with Crippen LogP contribution in [-0.4, -0.2) is 40.2 Å². The van der Waals surface area contributed by atoms with Gasteiger partial charge in [0, 0.05) is 6.54 Å². The fourth-order valence-electron chi connectivity index (χ4n) is 1.89. The molecule has 0 amide bonds. The SMILES string of the molecule is O[C@H]1[C@H](O)[C@H](c2ccccc2)NC[C@@H]1O. The second-order valence-corrected chi connectivity index (χ2v) is 3.85. The van der Waals surface area contributed by atoms with Crippen LogP contribution in [0.1, 0.15) is 11.6 Å². The molecule has 1 aromatic carbocycles. The topological polar surface area (TPSA) is 72.7 Å². The molecule has 15 heavy (non-hydrogen) atoms. The van der Waals surface area contributed by atoms with Crippen molar-refractivity contribution < 1.29 is 15.3 Å². The van der Waals surface area contributed by atoms with Crippen molar-refractivity contribution in [3.63, 3.8) is 0 Å². The van der Waals surface area contributed by atoms with Gasteiger partial charge >= 0.3 is 0 Å². The molecule has 0 spiro atoms. The Bertz CT molecular complexity index is 317. The quantitative estimate of drug-likeness (QED) is 0.499. The van der Waals surface area contributed by atoms with E-state index in [1.54, 1.807) is 0 Å². The Labute approximate surface area is 88.2 Å². The lowest BCUT2D eigenvalue weighted by atomic mass is 9.91. The number of rotatable bonds is 1. The molecular weight excluding hydrogens is 194 g/mol. The number of benzene rings is 1. The van der Waals surface area contributed by atoms with Gasteiger partial charge in [0.15, 0.2) is 0 Å². The van der Waals surface area contributed by atoms with E-state index < -0.39 is 18.3 Å². The Morgan fingerprint density at radius 3 is 2.33 bits per heavy atom. The highest BCUT2D eigenvalue weighted by Crippen LogP contribution is 2.23. The van der Waals surface area contributed by atoms with Crippen LogP contribution in [0.2, 0.25) is 0 Å². The molecule has 0 unspecified atom stereocenters. The van der Waals surface area contributed by atoms with Crippen LogP contribution in [0.15, 0.2) is 30.3 Å². The van der Waals surface area contributed by atoms with Crippen LogP contribution in [0.3, 0.4) is 0 Å². The molecule has 1 aliphatic rings. The maximum absolute atomic E-state index is 9.79. The summed E-state index contributed by atoms with van der Waals surface area (Å²) in [4.78, 5) is 0. The van der Waals surface area contributed by atoms with E-state index in [2.05, 4.69) is 5.32 Å². The molecular formula is C11H15NO3. The number of β-amino-alcohol motifs (C(OH)–C–C–N with tert-alkyl or cyclic N) is 1. The van der Waals surface area contributed by atoms with Crippen molar-refractivity contribution in [1.29, 1.82) is 0 Å². The molecule has 0 aromatic heterocycles. The minimum atomic E-state index is -1.09. The van der Waals surface area contributed by atoms with Gasteiger partial charge < -0.3 is 20.6 Å². The first-order chi connectivity index (χ1) is 7.20. The number of hydrogen-bond acceptors (Lipinski definition) is 4. The Kier molecular flexibility index (Phi) is 3.02. The first kappa shape index (κ1) is 10.6. The Morgan fingerprint density at radius 1 is 1.00 bits per heavy atom. The zero-order chi connectivity index (χ0) is 10.8. The summed E-state index contributed by atoms with van der Waals surface area (Å²) in [5, 5.41) is 31.7. The van der Waals surface area contributed by atoms with E-state index in [-0.39, 0.29) is 12.6 Å². The zero-order valence-electron chi connectivity index (χ0n) is 8.24. The summed E-state index contributed by atoms with van der Waals surface area (Å²) in [6.07, 6.45) is -2.97. The number of aliphatic hydroxyl groups excluding tert-OH is 3. The van der Waals surface area contributed by atoms with Crippen molar-refractivity contribution in [3.8, 4) is 0 Å². The minimum absolute atomic E-state index is 0.289. The van der Waals surface area contributed by atoms with Gasteiger partial charge in [-0.05, 0) is 5.56 Å². The highest BCUT2D eigenvalue weighted by Gasteiger charge is 2.36. The third-order valence-electron chi connectivity index (χ3n) is 2.79. The molecule has 0 bridgehead atoms. The second kappa shape index (κ2) is 4.28. The maximum atomic E-state index is 9.79. The molecule has 0 aliphatic carbocycles. The van der Waals surface area contributed by atoms with Crippen molar-refractivity contribution in [2.45, 2.75) is 24.4 Å². The van der Waals surface area contributed by atoms with Gasteiger partial charge in [-0.15, -0.1) is 0 Å². The molecule has 2 rings (SSSR count). The highest BCUT2D eigenvalue weighted by molar-refractivity contribution is 5.21. The van der Waals surface area contributed by atoms with Crippen LogP contribution >= 0.6 is 0 Å². The van der Waals surface area contributed by atoms with Crippen molar-refractivity contribution in [2.75, 3.05) is 6.54 Å². The van der Waals surface area contributed by atoms with E-state index in [1.165, 1.54) is 0 Å². The van der Waals surface area contributed by atoms with E-state index in [9.17, 15) is 15.3 Å². The largest absolute Gasteiger partial charge is 0.389 e. The van der Waals surface area contributed by atoms with Crippen LogP contribution in [-0.2, 0) is 0 Å². The monoisotopic (exact) mass is 209 g/mol. The van der Waals surface area contributed by atoms with Gasteiger partial charge in [-0.2, -0.15) is 0 Å². The van der Waals surface area contributed by atoms with Gasteiger partial charge in [0.05, 0.1) is 12.1 Å². The van der Waals surface area contributed by atoms with Gasteiger partial charge in [0.1, 0.15) is 12.2 Å². The third kappa shape index (κ3) is 2.03. The first-order valence-electron chi connectivity index (χ1n) is 5.02. The van der Waals surface area contributed by atoms with Crippen molar-refractivity contribution in [2.24, 2.45) is 0 Å². The molecule has 0 saturated carbocycles. The van der Waals surface area contributed by atoms with Gasteiger partial charge in [-0.25, -0.2) is 0 Å². The first-order valence-corrected chi connectivity index (χ1v) is 5.02. The Balaban J connectivity index is 2.17. The summed E-state index contributed by atoms with van der Waals surface area (Å²) in [6, 6.07) is 9.09. The molecule has 0 radical (unpaired) electrons. The zero-order valence-corrected chi connectivity index (χ0v) is 8.24. The molecule has 1 saturated heterocycles. The standard InChI is InChI=1S/C11H15NO3/c13-8-6-12-9(11(15)10(8)14)7-4-2-1-3-5-7/h1-5,8-15H,6H2/t8-,9-,10+,11+/m0/s1. The average Bonchev–Trinajstić information content (AvgIpc) is 2.27. The Hall–Kier alpha value is -0.940.